The first-order valence-electron chi connectivity index (χ1n) is 10.3. The van der Waals surface area contributed by atoms with E-state index in [-0.39, 0.29) is 17.6 Å². The van der Waals surface area contributed by atoms with Gasteiger partial charge in [0.1, 0.15) is 11.6 Å². The number of carbonyl (C=O) groups excluding carboxylic acids is 1. The summed E-state index contributed by atoms with van der Waals surface area (Å²) in [5, 5.41) is 0. The number of carbonyl (C=O) groups is 1. The molecule has 4 aromatic rings. The van der Waals surface area contributed by atoms with Crippen molar-refractivity contribution in [2.75, 3.05) is 17.7 Å². The average molecular weight is 432 g/mol. The fourth-order valence-electron chi connectivity index (χ4n) is 4.25. The van der Waals surface area contributed by atoms with Crippen LogP contribution in [-0.2, 0) is 11.3 Å². The average Bonchev–Trinajstić information content (AvgIpc) is 3.36. The molecule has 1 atom stereocenters. The van der Waals surface area contributed by atoms with Gasteiger partial charge in [-0.3, -0.25) is 4.79 Å². The van der Waals surface area contributed by atoms with Crippen LogP contribution in [0, 0.1) is 5.82 Å². The predicted molar refractivity (Wildman–Crippen MR) is 123 cm³/mol. The number of anilines is 1. The Balaban J connectivity index is 1.51. The van der Waals surface area contributed by atoms with Crippen LogP contribution in [0.3, 0.4) is 0 Å². The van der Waals surface area contributed by atoms with Gasteiger partial charge in [-0.15, -0.1) is 11.8 Å². The molecule has 1 amide bonds. The number of aromatic nitrogens is 2. The number of nitrogens with zero attached hydrogens (tertiary/aromatic N) is 3. The van der Waals surface area contributed by atoms with Crippen molar-refractivity contribution < 1.29 is 9.18 Å². The molecule has 0 N–H and O–H groups in total. The van der Waals surface area contributed by atoms with E-state index in [1.54, 1.807) is 23.9 Å². The third-order valence-electron chi connectivity index (χ3n) is 5.79. The first-order chi connectivity index (χ1) is 15.1. The summed E-state index contributed by atoms with van der Waals surface area (Å²) in [7, 11) is 0. The summed E-state index contributed by atoms with van der Waals surface area (Å²) in [6.45, 7) is 1.19. The summed E-state index contributed by atoms with van der Waals surface area (Å²) in [5.41, 5.74) is 3.87. The summed E-state index contributed by atoms with van der Waals surface area (Å²) in [4.78, 5) is 20.8. The van der Waals surface area contributed by atoms with E-state index in [0.717, 1.165) is 33.0 Å². The van der Waals surface area contributed by atoms with Crippen molar-refractivity contribution in [1.29, 1.82) is 0 Å². The number of hydrogen-bond donors (Lipinski definition) is 0. The van der Waals surface area contributed by atoms with Crippen molar-refractivity contribution in [3.8, 4) is 0 Å². The van der Waals surface area contributed by atoms with Crippen LogP contribution < -0.4 is 4.90 Å². The molecule has 1 aliphatic heterocycles. The molecule has 1 fully saturated rings. The lowest BCUT2D eigenvalue weighted by Gasteiger charge is -2.18. The Hall–Kier alpha value is -3.12. The Morgan fingerprint density at radius 2 is 1.87 bits per heavy atom. The zero-order chi connectivity index (χ0) is 21.4. The van der Waals surface area contributed by atoms with Crippen molar-refractivity contribution in [2.24, 2.45) is 0 Å². The van der Waals surface area contributed by atoms with Crippen LogP contribution in [0.2, 0.25) is 0 Å². The summed E-state index contributed by atoms with van der Waals surface area (Å²) in [6, 6.07) is 22.7. The van der Waals surface area contributed by atoms with E-state index in [1.807, 2.05) is 53.6 Å². The van der Waals surface area contributed by atoms with E-state index < -0.39 is 0 Å². The van der Waals surface area contributed by atoms with Crippen LogP contribution in [-0.4, -0.2) is 28.3 Å². The lowest BCUT2D eigenvalue weighted by molar-refractivity contribution is -0.117. The van der Waals surface area contributed by atoms with E-state index in [0.29, 0.717) is 19.5 Å². The summed E-state index contributed by atoms with van der Waals surface area (Å²) in [6.07, 6.45) is 2.46. The second kappa shape index (κ2) is 8.19. The molecule has 1 saturated heterocycles. The van der Waals surface area contributed by atoms with Crippen LogP contribution >= 0.6 is 11.8 Å². The molecule has 5 rings (SSSR count). The van der Waals surface area contributed by atoms with Gasteiger partial charge in [0, 0.05) is 36.0 Å². The molecule has 2 heterocycles. The lowest BCUT2D eigenvalue weighted by Crippen LogP contribution is -2.24. The van der Waals surface area contributed by atoms with Gasteiger partial charge < -0.3 is 9.47 Å². The van der Waals surface area contributed by atoms with Crippen molar-refractivity contribution in [1.82, 2.24) is 9.55 Å². The SMILES string of the molecule is CSc1cccc(N2CC(c3nc4ccccc4n3Cc3ccc(F)cc3)CC2=O)c1. The van der Waals surface area contributed by atoms with E-state index in [1.165, 1.54) is 12.1 Å². The molecule has 1 aromatic heterocycles. The molecule has 0 aliphatic carbocycles. The second-order valence-electron chi connectivity index (χ2n) is 7.78. The third kappa shape index (κ3) is 3.83. The van der Waals surface area contributed by atoms with Crippen LogP contribution in [0.1, 0.15) is 23.7 Å². The molecule has 1 unspecified atom stereocenters. The Labute approximate surface area is 184 Å². The van der Waals surface area contributed by atoms with Crippen molar-refractivity contribution in [3.05, 3.63) is 90.0 Å². The van der Waals surface area contributed by atoms with Crippen LogP contribution in [0.5, 0.6) is 0 Å². The number of benzene rings is 3. The normalized spacial score (nSPS) is 16.4. The predicted octanol–water partition coefficient (Wildman–Crippen LogP) is 5.47. The fourth-order valence-corrected chi connectivity index (χ4v) is 4.71. The number of para-hydroxylation sites is 2. The smallest absolute Gasteiger partial charge is 0.227 e. The number of fused-ring (bicyclic) bond motifs is 1. The highest BCUT2D eigenvalue weighted by Gasteiger charge is 2.35. The largest absolute Gasteiger partial charge is 0.323 e. The maximum atomic E-state index is 13.4. The lowest BCUT2D eigenvalue weighted by atomic mass is 10.1. The second-order valence-corrected chi connectivity index (χ2v) is 8.66. The first kappa shape index (κ1) is 19.8. The molecular formula is C25H22FN3OS. The van der Waals surface area contributed by atoms with Crippen molar-refractivity contribution in [2.45, 2.75) is 23.8 Å². The standard InChI is InChI=1S/C25H22FN3OS/c1-31-21-6-4-5-20(14-21)28-16-18(13-24(28)30)25-27-22-7-2-3-8-23(22)29(25)15-17-9-11-19(26)12-10-17/h2-12,14,18H,13,15-16H2,1H3. The Bertz CT molecular complexity index is 1250. The van der Waals surface area contributed by atoms with E-state index in [9.17, 15) is 9.18 Å². The van der Waals surface area contributed by atoms with Gasteiger partial charge in [-0.05, 0) is 54.3 Å². The van der Waals surface area contributed by atoms with Crippen molar-refractivity contribution in [3.63, 3.8) is 0 Å². The monoisotopic (exact) mass is 431 g/mol. The third-order valence-corrected chi connectivity index (χ3v) is 6.52. The quantitative estimate of drug-likeness (QED) is 0.394. The number of rotatable bonds is 5. The highest BCUT2D eigenvalue weighted by atomic mass is 32.2. The molecule has 3 aromatic carbocycles. The number of hydrogen-bond acceptors (Lipinski definition) is 3. The van der Waals surface area contributed by atoms with E-state index in [2.05, 4.69) is 10.6 Å². The van der Waals surface area contributed by atoms with Gasteiger partial charge in [0.15, 0.2) is 0 Å². The van der Waals surface area contributed by atoms with Gasteiger partial charge in [-0.1, -0.05) is 30.3 Å². The zero-order valence-electron chi connectivity index (χ0n) is 17.2. The van der Waals surface area contributed by atoms with E-state index >= 15 is 0 Å². The summed E-state index contributed by atoms with van der Waals surface area (Å²) < 4.78 is 15.6. The van der Waals surface area contributed by atoms with Gasteiger partial charge in [-0.25, -0.2) is 9.37 Å². The molecule has 6 heteroatoms. The Morgan fingerprint density at radius 3 is 2.68 bits per heavy atom. The number of amides is 1. The first-order valence-corrected chi connectivity index (χ1v) is 11.5. The van der Waals surface area contributed by atoms with Gasteiger partial charge in [0.25, 0.3) is 0 Å². The van der Waals surface area contributed by atoms with Crippen LogP contribution in [0.25, 0.3) is 11.0 Å². The van der Waals surface area contributed by atoms with E-state index in [4.69, 9.17) is 4.98 Å². The highest BCUT2D eigenvalue weighted by Crippen LogP contribution is 2.34. The Morgan fingerprint density at radius 1 is 1.06 bits per heavy atom. The highest BCUT2D eigenvalue weighted by molar-refractivity contribution is 7.98. The fraction of sp³-hybridized carbons (Fsp3) is 0.200. The number of thioether (sulfide) groups is 1. The topological polar surface area (TPSA) is 38.1 Å². The maximum Gasteiger partial charge on any atom is 0.227 e. The van der Waals surface area contributed by atoms with Crippen molar-refractivity contribution >= 4 is 34.4 Å². The van der Waals surface area contributed by atoms with Gasteiger partial charge in [0.05, 0.1) is 11.0 Å². The molecule has 31 heavy (non-hydrogen) atoms. The van der Waals surface area contributed by atoms with Gasteiger partial charge >= 0.3 is 0 Å². The molecule has 0 bridgehead atoms. The summed E-state index contributed by atoms with van der Waals surface area (Å²) in [5.74, 6) is 0.772. The van der Waals surface area contributed by atoms with Gasteiger partial charge in [0.2, 0.25) is 5.91 Å². The molecule has 0 radical (unpaired) electrons. The number of imidazole rings is 1. The van der Waals surface area contributed by atoms with Crippen LogP contribution in [0.15, 0.2) is 77.7 Å². The maximum absolute atomic E-state index is 13.4. The number of halogens is 1. The molecule has 1 aliphatic rings. The minimum atomic E-state index is -0.246. The molecule has 4 nitrogen and oxygen atoms in total. The molecule has 0 saturated carbocycles. The minimum absolute atomic E-state index is 0.00159. The van der Waals surface area contributed by atoms with Crippen LogP contribution in [0.4, 0.5) is 10.1 Å². The Kier molecular flexibility index (Phi) is 5.24. The molecule has 0 spiro atoms. The summed E-state index contributed by atoms with van der Waals surface area (Å²) >= 11 is 1.67. The van der Waals surface area contributed by atoms with Gasteiger partial charge in [-0.2, -0.15) is 0 Å². The zero-order valence-corrected chi connectivity index (χ0v) is 18.0. The molecular weight excluding hydrogens is 409 g/mol. The minimum Gasteiger partial charge on any atom is -0.323 e. The molecule has 156 valence electrons.